The normalized spacial score (nSPS) is 11.3. The molecule has 2 N–H and O–H groups in total. The standard InChI is InChI=1S/C21H20BrN3O/c1-14-12-15(6-8-17(14)22)20-9-7-16(26-20)13-23-11-10-21-24-18-4-2-3-5-19(18)25-21/h2-9,12,23H,10-11,13H2,1H3,(H,24,25). The molecule has 2 aromatic heterocycles. The Bertz CT molecular complexity index is 1000. The zero-order valence-electron chi connectivity index (χ0n) is 14.6. The Labute approximate surface area is 160 Å². The number of nitrogens with zero attached hydrogens (tertiary/aromatic N) is 1. The summed E-state index contributed by atoms with van der Waals surface area (Å²) in [6.07, 6.45) is 0.855. The zero-order valence-corrected chi connectivity index (χ0v) is 16.1. The number of furan rings is 1. The summed E-state index contributed by atoms with van der Waals surface area (Å²) in [6.45, 7) is 3.63. The lowest BCUT2D eigenvalue weighted by atomic mass is 10.1. The Morgan fingerprint density at radius 3 is 2.85 bits per heavy atom. The highest BCUT2D eigenvalue weighted by Crippen LogP contribution is 2.26. The third-order valence-electron chi connectivity index (χ3n) is 4.38. The van der Waals surface area contributed by atoms with Crippen LogP contribution in [0.2, 0.25) is 0 Å². The smallest absolute Gasteiger partial charge is 0.134 e. The summed E-state index contributed by atoms with van der Waals surface area (Å²) in [5.74, 6) is 2.84. The third-order valence-corrected chi connectivity index (χ3v) is 5.27. The van der Waals surface area contributed by atoms with Gasteiger partial charge in [0.05, 0.1) is 17.6 Å². The lowest BCUT2D eigenvalue weighted by Gasteiger charge is -2.03. The van der Waals surface area contributed by atoms with Gasteiger partial charge in [-0.15, -0.1) is 0 Å². The molecule has 0 radical (unpaired) electrons. The SMILES string of the molecule is Cc1cc(-c2ccc(CNCCc3nc4ccccc4[nH]3)o2)ccc1Br. The van der Waals surface area contributed by atoms with Crippen LogP contribution in [0.25, 0.3) is 22.4 Å². The summed E-state index contributed by atoms with van der Waals surface area (Å²) in [5, 5.41) is 3.42. The van der Waals surface area contributed by atoms with Crippen molar-refractivity contribution in [3.05, 3.63) is 76.2 Å². The van der Waals surface area contributed by atoms with Gasteiger partial charge < -0.3 is 14.7 Å². The van der Waals surface area contributed by atoms with Crippen molar-refractivity contribution in [1.82, 2.24) is 15.3 Å². The quantitative estimate of drug-likeness (QED) is 0.428. The third kappa shape index (κ3) is 3.74. The molecule has 0 aliphatic carbocycles. The van der Waals surface area contributed by atoms with Crippen molar-refractivity contribution in [3.8, 4) is 11.3 Å². The highest BCUT2D eigenvalue weighted by molar-refractivity contribution is 9.10. The molecular formula is C21H20BrN3O. The Kier molecular flexibility index (Phi) is 4.91. The van der Waals surface area contributed by atoms with Gasteiger partial charge in [-0.05, 0) is 48.9 Å². The van der Waals surface area contributed by atoms with Crippen LogP contribution in [-0.2, 0) is 13.0 Å². The number of aromatic amines is 1. The van der Waals surface area contributed by atoms with Crippen molar-refractivity contribution in [3.63, 3.8) is 0 Å². The fourth-order valence-corrected chi connectivity index (χ4v) is 3.22. The van der Waals surface area contributed by atoms with Crippen LogP contribution >= 0.6 is 15.9 Å². The summed E-state index contributed by atoms with van der Waals surface area (Å²) < 4.78 is 7.08. The molecule has 0 aliphatic rings. The fourth-order valence-electron chi connectivity index (χ4n) is 2.97. The second-order valence-electron chi connectivity index (χ2n) is 6.36. The maximum absolute atomic E-state index is 5.96. The van der Waals surface area contributed by atoms with Gasteiger partial charge in [0.15, 0.2) is 0 Å². The molecule has 0 unspecified atom stereocenters. The predicted molar refractivity (Wildman–Crippen MR) is 108 cm³/mol. The van der Waals surface area contributed by atoms with E-state index in [1.807, 2.05) is 36.4 Å². The van der Waals surface area contributed by atoms with Crippen molar-refractivity contribution < 1.29 is 4.42 Å². The summed E-state index contributed by atoms with van der Waals surface area (Å²) >= 11 is 3.53. The van der Waals surface area contributed by atoms with E-state index in [-0.39, 0.29) is 0 Å². The summed E-state index contributed by atoms with van der Waals surface area (Å²) in [6, 6.07) is 18.4. The van der Waals surface area contributed by atoms with E-state index in [0.717, 1.165) is 51.4 Å². The second kappa shape index (κ2) is 7.48. The first kappa shape index (κ1) is 17.1. The number of benzene rings is 2. The van der Waals surface area contributed by atoms with Crippen LogP contribution in [0, 0.1) is 6.92 Å². The topological polar surface area (TPSA) is 53.9 Å². The largest absolute Gasteiger partial charge is 0.460 e. The lowest BCUT2D eigenvalue weighted by Crippen LogP contribution is -2.16. The molecule has 0 saturated carbocycles. The summed E-state index contributed by atoms with van der Waals surface area (Å²) in [5.41, 5.74) is 4.40. The van der Waals surface area contributed by atoms with Gasteiger partial charge in [0.1, 0.15) is 17.3 Å². The monoisotopic (exact) mass is 409 g/mol. The van der Waals surface area contributed by atoms with Crippen molar-refractivity contribution in [2.75, 3.05) is 6.54 Å². The molecule has 0 atom stereocenters. The van der Waals surface area contributed by atoms with E-state index in [2.05, 4.69) is 56.3 Å². The Hall–Kier alpha value is -2.37. The molecule has 0 spiro atoms. The van der Waals surface area contributed by atoms with E-state index in [4.69, 9.17) is 4.42 Å². The van der Waals surface area contributed by atoms with E-state index in [9.17, 15) is 0 Å². The molecule has 0 fully saturated rings. The number of imidazole rings is 1. The molecule has 0 aliphatic heterocycles. The van der Waals surface area contributed by atoms with Gasteiger partial charge in [-0.3, -0.25) is 0 Å². The van der Waals surface area contributed by atoms with E-state index >= 15 is 0 Å². The molecule has 0 amide bonds. The van der Waals surface area contributed by atoms with Gasteiger partial charge in [-0.2, -0.15) is 0 Å². The number of nitrogens with one attached hydrogen (secondary N) is 2. The number of H-pyrrole nitrogens is 1. The van der Waals surface area contributed by atoms with Gasteiger partial charge >= 0.3 is 0 Å². The molecule has 132 valence electrons. The maximum Gasteiger partial charge on any atom is 0.134 e. The molecule has 2 aromatic carbocycles. The first-order chi connectivity index (χ1) is 12.7. The van der Waals surface area contributed by atoms with Crippen molar-refractivity contribution >= 4 is 27.0 Å². The van der Waals surface area contributed by atoms with E-state index in [0.29, 0.717) is 6.54 Å². The van der Waals surface area contributed by atoms with Crippen LogP contribution in [0.1, 0.15) is 17.1 Å². The van der Waals surface area contributed by atoms with Gasteiger partial charge in [0.25, 0.3) is 0 Å². The lowest BCUT2D eigenvalue weighted by molar-refractivity contribution is 0.494. The van der Waals surface area contributed by atoms with Crippen molar-refractivity contribution in [2.45, 2.75) is 19.9 Å². The van der Waals surface area contributed by atoms with Crippen LogP contribution in [0.15, 0.2) is 63.5 Å². The highest BCUT2D eigenvalue weighted by atomic mass is 79.9. The van der Waals surface area contributed by atoms with Crippen molar-refractivity contribution in [1.29, 1.82) is 0 Å². The molecule has 4 rings (SSSR count). The van der Waals surface area contributed by atoms with Crippen LogP contribution < -0.4 is 5.32 Å². The molecule has 5 heteroatoms. The van der Waals surface area contributed by atoms with Gasteiger partial charge in [-0.1, -0.05) is 34.1 Å². The average molecular weight is 410 g/mol. The first-order valence-corrected chi connectivity index (χ1v) is 9.48. The minimum absolute atomic E-state index is 0.704. The molecule has 4 nitrogen and oxygen atoms in total. The molecule has 0 saturated heterocycles. The predicted octanol–water partition coefficient (Wildman–Crippen LogP) is 5.23. The van der Waals surface area contributed by atoms with Crippen LogP contribution in [-0.4, -0.2) is 16.5 Å². The van der Waals surface area contributed by atoms with Crippen LogP contribution in [0.5, 0.6) is 0 Å². The number of fused-ring (bicyclic) bond motifs is 1. The molecule has 4 aromatic rings. The van der Waals surface area contributed by atoms with E-state index in [1.165, 1.54) is 5.56 Å². The number of rotatable bonds is 6. The Balaban J connectivity index is 1.32. The zero-order chi connectivity index (χ0) is 17.9. The van der Waals surface area contributed by atoms with E-state index < -0.39 is 0 Å². The first-order valence-electron chi connectivity index (χ1n) is 8.68. The minimum Gasteiger partial charge on any atom is -0.460 e. The second-order valence-corrected chi connectivity index (χ2v) is 7.21. The average Bonchev–Trinajstić information content (AvgIpc) is 3.27. The van der Waals surface area contributed by atoms with Crippen LogP contribution in [0.3, 0.4) is 0 Å². The summed E-state index contributed by atoms with van der Waals surface area (Å²) in [7, 11) is 0. The summed E-state index contributed by atoms with van der Waals surface area (Å²) in [4.78, 5) is 7.94. The number of para-hydroxylation sites is 2. The van der Waals surface area contributed by atoms with E-state index in [1.54, 1.807) is 0 Å². The number of halogens is 1. The van der Waals surface area contributed by atoms with Crippen molar-refractivity contribution in [2.24, 2.45) is 0 Å². The molecule has 0 bridgehead atoms. The van der Waals surface area contributed by atoms with Gasteiger partial charge in [0.2, 0.25) is 0 Å². The minimum atomic E-state index is 0.704. The molecule has 26 heavy (non-hydrogen) atoms. The highest BCUT2D eigenvalue weighted by Gasteiger charge is 2.07. The number of aryl methyl sites for hydroxylation is 1. The maximum atomic E-state index is 5.96. The number of hydrogen-bond acceptors (Lipinski definition) is 3. The fraction of sp³-hybridized carbons (Fsp3) is 0.190. The van der Waals surface area contributed by atoms with Gasteiger partial charge in [-0.25, -0.2) is 4.98 Å². The molecule has 2 heterocycles. The Morgan fingerprint density at radius 1 is 1.12 bits per heavy atom. The molecular weight excluding hydrogens is 390 g/mol. The Morgan fingerprint density at radius 2 is 2.00 bits per heavy atom. The number of aromatic nitrogens is 2. The van der Waals surface area contributed by atoms with Gasteiger partial charge in [0, 0.05) is 23.0 Å². The number of hydrogen-bond donors (Lipinski definition) is 2. The van der Waals surface area contributed by atoms with Crippen LogP contribution in [0.4, 0.5) is 0 Å².